The molecule has 0 saturated heterocycles. The molecule has 22 heavy (non-hydrogen) atoms. The lowest BCUT2D eigenvalue weighted by Crippen LogP contribution is -2.41. The molecule has 2 aromatic rings. The molecule has 0 aromatic heterocycles. The van der Waals surface area contributed by atoms with Gasteiger partial charge < -0.3 is 9.84 Å². The molecule has 7 nitrogen and oxygen atoms in total. The minimum Gasteiger partial charge on any atom is -0.507 e. The summed E-state index contributed by atoms with van der Waals surface area (Å²) < 4.78 is 29.3. The molecule has 1 amide bonds. The zero-order chi connectivity index (χ0) is 16.2. The molecule has 8 heteroatoms. The fourth-order valence-corrected chi connectivity index (χ4v) is 2.75. The largest absolute Gasteiger partial charge is 0.507 e. The second-order valence-corrected chi connectivity index (χ2v) is 5.88. The number of phenolic OH excluding ortho intramolecular Hbond substituents is 1. The lowest BCUT2D eigenvalue weighted by molar-refractivity contribution is 0.0942. The SMILES string of the molecule is COc1ccccc1S(=O)(=O)NNC(=O)c1ccccc1O. The first-order valence-corrected chi connectivity index (χ1v) is 7.67. The van der Waals surface area contributed by atoms with Crippen molar-refractivity contribution in [1.82, 2.24) is 10.3 Å². The molecule has 0 unspecified atom stereocenters. The van der Waals surface area contributed by atoms with Crippen LogP contribution < -0.4 is 15.0 Å². The van der Waals surface area contributed by atoms with Gasteiger partial charge >= 0.3 is 0 Å². The van der Waals surface area contributed by atoms with Crippen LogP contribution in [0.15, 0.2) is 53.4 Å². The van der Waals surface area contributed by atoms with E-state index in [1.165, 1.54) is 37.4 Å². The first-order chi connectivity index (χ1) is 10.5. The maximum Gasteiger partial charge on any atom is 0.269 e. The predicted molar refractivity (Wildman–Crippen MR) is 78.9 cm³/mol. The molecule has 0 fully saturated rings. The van der Waals surface area contributed by atoms with Crippen molar-refractivity contribution in [1.29, 1.82) is 0 Å². The number of hydrazine groups is 1. The molecule has 2 rings (SSSR count). The van der Waals surface area contributed by atoms with Gasteiger partial charge in [0.05, 0.1) is 12.7 Å². The fourth-order valence-electron chi connectivity index (χ4n) is 1.74. The fraction of sp³-hybridized carbons (Fsp3) is 0.0714. The zero-order valence-electron chi connectivity index (χ0n) is 11.6. The highest BCUT2D eigenvalue weighted by Gasteiger charge is 2.20. The van der Waals surface area contributed by atoms with Gasteiger partial charge in [-0.25, -0.2) is 8.42 Å². The summed E-state index contributed by atoms with van der Waals surface area (Å²) in [6.45, 7) is 0. The van der Waals surface area contributed by atoms with Gasteiger partial charge in [-0.15, -0.1) is 4.83 Å². The van der Waals surface area contributed by atoms with Crippen molar-refractivity contribution < 1.29 is 23.1 Å². The Labute approximate surface area is 127 Å². The minimum absolute atomic E-state index is 0.0507. The van der Waals surface area contributed by atoms with Gasteiger partial charge in [0.15, 0.2) is 0 Å². The van der Waals surface area contributed by atoms with E-state index in [0.717, 1.165) is 0 Å². The number of aromatic hydroxyl groups is 1. The van der Waals surface area contributed by atoms with E-state index < -0.39 is 15.9 Å². The van der Waals surface area contributed by atoms with Crippen LogP contribution in [0.5, 0.6) is 11.5 Å². The van der Waals surface area contributed by atoms with Crippen molar-refractivity contribution in [2.24, 2.45) is 0 Å². The number of rotatable bonds is 5. The van der Waals surface area contributed by atoms with E-state index >= 15 is 0 Å². The standard InChI is InChI=1S/C14H14N2O5S/c1-21-12-8-4-5-9-13(12)22(19,20)16-15-14(18)10-6-2-3-7-11(10)17/h2-9,16-17H,1H3,(H,15,18). The third-order valence-electron chi connectivity index (χ3n) is 2.81. The van der Waals surface area contributed by atoms with Crippen molar-refractivity contribution in [2.45, 2.75) is 4.90 Å². The average molecular weight is 322 g/mol. The van der Waals surface area contributed by atoms with Gasteiger partial charge in [-0.1, -0.05) is 24.3 Å². The highest BCUT2D eigenvalue weighted by atomic mass is 32.2. The summed E-state index contributed by atoms with van der Waals surface area (Å²) in [7, 11) is -2.67. The van der Waals surface area contributed by atoms with E-state index in [-0.39, 0.29) is 22.0 Å². The highest BCUT2D eigenvalue weighted by molar-refractivity contribution is 7.89. The van der Waals surface area contributed by atoms with Crippen LogP contribution in [0.25, 0.3) is 0 Å². The Balaban J connectivity index is 2.17. The van der Waals surface area contributed by atoms with Gasteiger partial charge in [0, 0.05) is 0 Å². The quantitative estimate of drug-likeness (QED) is 0.713. The Hall–Kier alpha value is -2.58. The zero-order valence-corrected chi connectivity index (χ0v) is 12.4. The summed E-state index contributed by atoms with van der Waals surface area (Å²) in [6.07, 6.45) is 0. The second-order valence-electron chi connectivity index (χ2n) is 4.23. The molecule has 0 bridgehead atoms. The van der Waals surface area contributed by atoms with E-state index in [1.54, 1.807) is 18.2 Å². The first kappa shape index (κ1) is 15.8. The lowest BCUT2D eigenvalue weighted by atomic mass is 10.2. The van der Waals surface area contributed by atoms with Gasteiger partial charge in [0.25, 0.3) is 15.9 Å². The van der Waals surface area contributed by atoms with Crippen molar-refractivity contribution in [3.05, 3.63) is 54.1 Å². The number of para-hydroxylation sites is 2. The van der Waals surface area contributed by atoms with Crippen LogP contribution in [-0.4, -0.2) is 26.5 Å². The molecule has 2 aromatic carbocycles. The first-order valence-electron chi connectivity index (χ1n) is 6.19. The van der Waals surface area contributed by atoms with E-state index in [0.29, 0.717) is 0 Å². The van der Waals surface area contributed by atoms with Crippen molar-refractivity contribution in [3.63, 3.8) is 0 Å². The van der Waals surface area contributed by atoms with Gasteiger partial charge in [-0.2, -0.15) is 0 Å². The van der Waals surface area contributed by atoms with Crippen LogP contribution in [0.1, 0.15) is 10.4 Å². The van der Waals surface area contributed by atoms with Crippen LogP contribution in [0.4, 0.5) is 0 Å². The minimum atomic E-state index is -4.01. The topological polar surface area (TPSA) is 105 Å². The molecule has 0 spiro atoms. The summed E-state index contributed by atoms with van der Waals surface area (Å²) in [5.74, 6) is -0.889. The number of hydrogen-bond acceptors (Lipinski definition) is 5. The number of amides is 1. The van der Waals surface area contributed by atoms with Crippen LogP contribution in [0.3, 0.4) is 0 Å². The lowest BCUT2D eigenvalue weighted by Gasteiger charge is -2.11. The maximum atomic E-state index is 12.2. The van der Waals surface area contributed by atoms with Gasteiger partial charge in [-0.3, -0.25) is 10.2 Å². The summed E-state index contributed by atoms with van der Waals surface area (Å²) in [4.78, 5) is 13.7. The number of carbonyl (C=O) groups is 1. The van der Waals surface area contributed by atoms with Gasteiger partial charge in [0.1, 0.15) is 16.4 Å². The van der Waals surface area contributed by atoms with Crippen LogP contribution in [0, 0.1) is 0 Å². The van der Waals surface area contributed by atoms with E-state index in [1.807, 2.05) is 10.3 Å². The molecular weight excluding hydrogens is 308 g/mol. The Kier molecular flexibility index (Phi) is 4.64. The molecule has 0 aliphatic rings. The highest BCUT2D eigenvalue weighted by Crippen LogP contribution is 2.22. The summed E-state index contributed by atoms with van der Waals surface area (Å²) in [6, 6.07) is 11.8. The number of hydrogen-bond donors (Lipinski definition) is 3. The second kappa shape index (κ2) is 6.46. The number of nitrogens with one attached hydrogen (secondary N) is 2. The van der Waals surface area contributed by atoms with Crippen LogP contribution in [-0.2, 0) is 10.0 Å². The number of phenols is 1. The normalized spacial score (nSPS) is 11.0. The van der Waals surface area contributed by atoms with Crippen LogP contribution in [0.2, 0.25) is 0 Å². The van der Waals surface area contributed by atoms with E-state index in [2.05, 4.69) is 0 Å². The predicted octanol–water partition coefficient (Wildman–Crippen LogP) is 1.02. The smallest absolute Gasteiger partial charge is 0.269 e. The monoisotopic (exact) mass is 322 g/mol. The van der Waals surface area contributed by atoms with E-state index in [4.69, 9.17) is 4.74 Å². The third-order valence-corrected chi connectivity index (χ3v) is 4.09. The Morgan fingerprint density at radius 1 is 1.09 bits per heavy atom. The number of benzene rings is 2. The van der Waals surface area contributed by atoms with Gasteiger partial charge in [-0.05, 0) is 24.3 Å². The number of methoxy groups -OCH3 is 1. The molecule has 0 heterocycles. The Morgan fingerprint density at radius 2 is 1.73 bits per heavy atom. The number of ether oxygens (including phenoxy) is 1. The molecule has 0 saturated carbocycles. The number of sulfonamides is 1. The number of carbonyl (C=O) groups excluding carboxylic acids is 1. The summed E-state index contributed by atoms with van der Waals surface area (Å²) in [5.41, 5.74) is 1.99. The molecular formula is C14H14N2O5S. The Bertz CT molecular complexity index is 789. The maximum absolute atomic E-state index is 12.2. The van der Waals surface area contributed by atoms with Crippen LogP contribution >= 0.6 is 0 Å². The molecule has 116 valence electrons. The molecule has 0 atom stereocenters. The molecule has 0 aliphatic carbocycles. The van der Waals surface area contributed by atoms with Crippen molar-refractivity contribution in [3.8, 4) is 11.5 Å². The summed E-state index contributed by atoms with van der Waals surface area (Å²) >= 11 is 0. The van der Waals surface area contributed by atoms with Gasteiger partial charge in [0.2, 0.25) is 0 Å². The third kappa shape index (κ3) is 3.35. The Morgan fingerprint density at radius 3 is 2.41 bits per heavy atom. The molecule has 0 aliphatic heterocycles. The molecule has 0 radical (unpaired) electrons. The van der Waals surface area contributed by atoms with Crippen molar-refractivity contribution in [2.75, 3.05) is 7.11 Å². The average Bonchev–Trinajstić information content (AvgIpc) is 2.53. The van der Waals surface area contributed by atoms with Crippen molar-refractivity contribution >= 4 is 15.9 Å². The van der Waals surface area contributed by atoms with E-state index in [9.17, 15) is 18.3 Å². The summed E-state index contributed by atoms with van der Waals surface area (Å²) in [5, 5.41) is 9.55. The molecule has 3 N–H and O–H groups in total.